The molecule has 196 valence electrons. The summed E-state index contributed by atoms with van der Waals surface area (Å²) in [5.74, 6) is -2.53. The summed E-state index contributed by atoms with van der Waals surface area (Å²) in [6.45, 7) is 4.50. The Balaban J connectivity index is 1.62. The molecule has 3 aromatic heterocycles. The monoisotopic (exact) mass is 528 g/mol. The van der Waals surface area contributed by atoms with E-state index in [1.54, 1.807) is 19.1 Å². The number of hydrogen-bond acceptors (Lipinski definition) is 5. The largest absolute Gasteiger partial charge is 0.389 e. The first-order chi connectivity index (χ1) is 18.0. The lowest BCUT2D eigenvalue weighted by molar-refractivity contribution is 0.145. The van der Waals surface area contributed by atoms with Crippen molar-refractivity contribution in [2.75, 3.05) is 5.32 Å². The van der Waals surface area contributed by atoms with Crippen molar-refractivity contribution >= 4 is 22.4 Å². The van der Waals surface area contributed by atoms with Gasteiger partial charge in [-0.25, -0.2) is 36.6 Å². The molecular formula is C26H21F5N6O. The van der Waals surface area contributed by atoms with Crippen LogP contribution in [0.4, 0.5) is 33.3 Å². The number of aliphatic hydroxyl groups excluding tert-OH is 1. The quantitative estimate of drug-likeness (QED) is 0.250. The first-order valence-electron chi connectivity index (χ1n) is 11.5. The van der Waals surface area contributed by atoms with E-state index >= 15 is 0 Å². The molecule has 1 unspecified atom stereocenters. The summed E-state index contributed by atoms with van der Waals surface area (Å²) < 4.78 is 72.5. The Morgan fingerprint density at radius 3 is 2.39 bits per heavy atom. The number of nitrogens with zero attached hydrogens (tertiary/aromatic N) is 5. The van der Waals surface area contributed by atoms with Gasteiger partial charge >= 0.3 is 0 Å². The van der Waals surface area contributed by atoms with Gasteiger partial charge in [0.15, 0.2) is 17.5 Å². The zero-order valence-corrected chi connectivity index (χ0v) is 20.3. The van der Waals surface area contributed by atoms with E-state index in [2.05, 4.69) is 20.4 Å². The van der Waals surface area contributed by atoms with E-state index in [1.807, 2.05) is 0 Å². The number of nitrogens with one attached hydrogen (secondary N) is 1. The lowest BCUT2D eigenvalue weighted by Gasteiger charge is -2.15. The predicted molar refractivity (Wildman–Crippen MR) is 131 cm³/mol. The Labute approximate surface area is 213 Å². The van der Waals surface area contributed by atoms with Gasteiger partial charge in [0.25, 0.3) is 6.43 Å². The number of rotatable bonds is 6. The SMILES string of the molecule is Cc1ccc(Nc2cc3c(cc2F)ncn3-c2ccc(C(C)O)c(-n3nc(C(F)F)cc3C)n2)c(F)c1F. The summed E-state index contributed by atoms with van der Waals surface area (Å²) in [5.41, 5.74) is 0.633. The first-order valence-corrected chi connectivity index (χ1v) is 11.5. The van der Waals surface area contributed by atoms with Crippen LogP contribution in [-0.2, 0) is 0 Å². The van der Waals surface area contributed by atoms with E-state index in [1.165, 1.54) is 53.7 Å². The molecule has 0 aliphatic carbocycles. The van der Waals surface area contributed by atoms with Crippen LogP contribution in [0.15, 0.2) is 48.8 Å². The smallest absolute Gasteiger partial charge is 0.282 e. The van der Waals surface area contributed by atoms with Crippen molar-refractivity contribution in [3.8, 4) is 11.6 Å². The fourth-order valence-corrected chi connectivity index (χ4v) is 4.09. The van der Waals surface area contributed by atoms with Crippen LogP contribution in [0, 0.1) is 31.3 Å². The summed E-state index contributed by atoms with van der Waals surface area (Å²) in [6, 6.07) is 9.55. The third-order valence-corrected chi connectivity index (χ3v) is 6.10. The summed E-state index contributed by atoms with van der Waals surface area (Å²) in [4.78, 5) is 8.76. The van der Waals surface area contributed by atoms with E-state index in [-0.39, 0.29) is 34.1 Å². The zero-order valence-electron chi connectivity index (χ0n) is 20.3. The number of halogens is 5. The van der Waals surface area contributed by atoms with Crippen LogP contribution in [0.25, 0.3) is 22.7 Å². The van der Waals surface area contributed by atoms with Crippen molar-refractivity contribution in [3.05, 3.63) is 88.8 Å². The van der Waals surface area contributed by atoms with Gasteiger partial charge in [-0.1, -0.05) is 6.07 Å². The fourth-order valence-electron chi connectivity index (χ4n) is 4.09. The van der Waals surface area contributed by atoms with Gasteiger partial charge in [0.1, 0.15) is 23.7 Å². The second kappa shape index (κ2) is 9.53. The van der Waals surface area contributed by atoms with E-state index in [9.17, 15) is 27.1 Å². The van der Waals surface area contributed by atoms with Crippen molar-refractivity contribution < 1.29 is 27.1 Å². The number of hydrogen-bond donors (Lipinski definition) is 2. The number of imidazole rings is 1. The lowest BCUT2D eigenvalue weighted by Crippen LogP contribution is -2.11. The van der Waals surface area contributed by atoms with Gasteiger partial charge in [0.2, 0.25) is 0 Å². The first kappa shape index (κ1) is 25.3. The minimum Gasteiger partial charge on any atom is -0.389 e. The second-order valence-electron chi connectivity index (χ2n) is 8.80. The molecule has 5 aromatic rings. The molecule has 0 saturated heterocycles. The molecule has 7 nitrogen and oxygen atoms in total. The number of aliphatic hydroxyl groups is 1. The number of aryl methyl sites for hydroxylation is 2. The minimum atomic E-state index is -2.79. The van der Waals surface area contributed by atoms with Gasteiger partial charge in [-0.15, -0.1) is 0 Å². The maximum absolute atomic E-state index is 14.8. The van der Waals surface area contributed by atoms with Crippen LogP contribution in [0.3, 0.4) is 0 Å². The highest BCUT2D eigenvalue weighted by molar-refractivity contribution is 5.82. The molecule has 1 atom stereocenters. The molecular weight excluding hydrogens is 507 g/mol. The standard InChI is InChI=1S/C26H21F5N6O/c1-12-4-6-17(24(29)23(12)28)33-18-10-21-19(9-16(18)27)32-11-36(21)22-7-5-15(14(3)38)26(34-22)37-13(2)8-20(35-37)25(30)31/h4-11,14,25,33,38H,1-3H3. The van der Waals surface area contributed by atoms with Gasteiger partial charge in [0, 0.05) is 17.3 Å². The van der Waals surface area contributed by atoms with E-state index in [4.69, 9.17) is 0 Å². The molecule has 0 radical (unpaired) electrons. The minimum absolute atomic E-state index is 0.109. The molecule has 0 fully saturated rings. The third kappa shape index (κ3) is 4.36. The van der Waals surface area contributed by atoms with Gasteiger partial charge in [-0.3, -0.25) is 4.57 Å². The molecule has 0 saturated carbocycles. The fraction of sp³-hybridized carbons (Fsp3) is 0.192. The third-order valence-electron chi connectivity index (χ3n) is 6.10. The Kier molecular flexibility index (Phi) is 6.35. The average Bonchev–Trinajstić information content (AvgIpc) is 3.47. The number of pyridine rings is 1. The van der Waals surface area contributed by atoms with Crippen LogP contribution >= 0.6 is 0 Å². The molecule has 3 heterocycles. The zero-order chi connectivity index (χ0) is 27.3. The highest BCUT2D eigenvalue weighted by Gasteiger charge is 2.21. The van der Waals surface area contributed by atoms with Gasteiger partial charge in [0.05, 0.1) is 28.5 Å². The second-order valence-corrected chi connectivity index (χ2v) is 8.80. The molecule has 0 bridgehead atoms. The topological polar surface area (TPSA) is 80.8 Å². The van der Waals surface area contributed by atoms with Crippen LogP contribution in [0.2, 0.25) is 0 Å². The van der Waals surface area contributed by atoms with Gasteiger partial charge < -0.3 is 10.4 Å². The molecule has 0 aliphatic rings. The molecule has 12 heteroatoms. The van der Waals surface area contributed by atoms with E-state index < -0.39 is 35.7 Å². The molecule has 5 rings (SSSR count). The molecule has 2 aromatic carbocycles. The van der Waals surface area contributed by atoms with Crippen molar-refractivity contribution in [2.45, 2.75) is 33.3 Å². The predicted octanol–water partition coefficient (Wildman–Crippen LogP) is 6.37. The lowest BCUT2D eigenvalue weighted by atomic mass is 10.1. The van der Waals surface area contributed by atoms with Gasteiger partial charge in [-0.05, 0) is 56.7 Å². The number of anilines is 2. The Bertz CT molecular complexity index is 1680. The highest BCUT2D eigenvalue weighted by Crippen LogP contribution is 2.31. The van der Waals surface area contributed by atoms with Gasteiger partial charge in [-0.2, -0.15) is 5.10 Å². The molecule has 0 spiro atoms. The Morgan fingerprint density at radius 2 is 1.71 bits per heavy atom. The van der Waals surface area contributed by atoms with Crippen molar-refractivity contribution in [2.24, 2.45) is 0 Å². The van der Waals surface area contributed by atoms with E-state index in [0.717, 1.165) is 6.07 Å². The summed E-state index contributed by atoms with van der Waals surface area (Å²) >= 11 is 0. The van der Waals surface area contributed by atoms with Crippen molar-refractivity contribution in [1.29, 1.82) is 0 Å². The molecule has 0 amide bonds. The molecule has 38 heavy (non-hydrogen) atoms. The number of fused-ring (bicyclic) bond motifs is 1. The van der Waals surface area contributed by atoms with E-state index in [0.29, 0.717) is 16.8 Å². The van der Waals surface area contributed by atoms with Crippen molar-refractivity contribution in [1.82, 2.24) is 24.3 Å². The van der Waals surface area contributed by atoms with Crippen molar-refractivity contribution in [3.63, 3.8) is 0 Å². The maximum atomic E-state index is 14.8. The average molecular weight is 528 g/mol. The maximum Gasteiger partial charge on any atom is 0.282 e. The Morgan fingerprint density at radius 1 is 0.947 bits per heavy atom. The number of benzene rings is 2. The summed E-state index contributed by atoms with van der Waals surface area (Å²) in [6.07, 6.45) is -2.40. The normalized spacial score (nSPS) is 12.5. The summed E-state index contributed by atoms with van der Waals surface area (Å²) in [5, 5.41) is 16.8. The van der Waals surface area contributed by atoms with Crippen LogP contribution < -0.4 is 5.32 Å². The molecule has 2 N–H and O–H groups in total. The highest BCUT2D eigenvalue weighted by atomic mass is 19.3. The van der Waals surface area contributed by atoms with Crippen LogP contribution in [0.1, 0.15) is 42.0 Å². The van der Waals surface area contributed by atoms with Crippen LogP contribution in [0.5, 0.6) is 0 Å². The number of aromatic nitrogens is 5. The van der Waals surface area contributed by atoms with Crippen LogP contribution in [-0.4, -0.2) is 29.4 Å². The Hall–Kier alpha value is -4.32. The number of alkyl halides is 2. The molecule has 0 aliphatic heterocycles. The summed E-state index contributed by atoms with van der Waals surface area (Å²) in [7, 11) is 0.